The lowest BCUT2D eigenvalue weighted by atomic mass is 9.90. The first kappa shape index (κ1) is 17.2. The molecule has 0 aliphatic carbocycles. The topological polar surface area (TPSA) is 97.4 Å². The van der Waals surface area contributed by atoms with E-state index in [4.69, 9.17) is 10.2 Å². The fourth-order valence-electron chi connectivity index (χ4n) is 2.27. The number of hydrogen-bond donors (Lipinski definition) is 3. The largest absolute Gasteiger partial charge is 0.459 e. The maximum Gasteiger partial charge on any atom is 0.286 e. The molecule has 1 unspecified atom stereocenters. The number of carbonyl (C=O) groups excluding carboxylic acids is 2. The van der Waals surface area contributed by atoms with Gasteiger partial charge in [0.25, 0.3) is 5.91 Å². The van der Waals surface area contributed by atoms with Crippen LogP contribution in [-0.4, -0.2) is 30.4 Å². The van der Waals surface area contributed by atoms with Crippen molar-refractivity contribution in [1.29, 1.82) is 0 Å². The molecule has 0 radical (unpaired) electrons. The van der Waals surface area contributed by atoms with E-state index in [1.54, 1.807) is 12.1 Å². The standard InChI is InChI=1S/C15H25N3O3/c1-11(2)9-15(3,10-16)18-13(19)6-7-17-14(20)12-5-4-8-21-12/h4-5,8,11H,6-7,9-10,16H2,1-3H3,(H,17,20)(H,18,19). The third-order valence-electron chi connectivity index (χ3n) is 3.13. The van der Waals surface area contributed by atoms with E-state index < -0.39 is 5.54 Å². The summed E-state index contributed by atoms with van der Waals surface area (Å²) in [7, 11) is 0. The van der Waals surface area contributed by atoms with E-state index in [1.807, 2.05) is 6.92 Å². The second-order valence-corrected chi connectivity index (χ2v) is 5.89. The monoisotopic (exact) mass is 295 g/mol. The molecule has 1 aromatic heterocycles. The number of hydrogen-bond acceptors (Lipinski definition) is 4. The van der Waals surface area contributed by atoms with Crippen molar-refractivity contribution in [2.75, 3.05) is 13.1 Å². The number of furan rings is 1. The van der Waals surface area contributed by atoms with Gasteiger partial charge in [0.1, 0.15) is 0 Å². The number of nitrogens with one attached hydrogen (secondary N) is 2. The Labute approximate surface area is 125 Å². The summed E-state index contributed by atoms with van der Waals surface area (Å²) in [6, 6.07) is 3.21. The van der Waals surface area contributed by atoms with Crippen LogP contribution >= 0.6 is 0 Å². The molecule has 1 aromatic rings. The molecule has 1 atom stereocenters. The Hall–Kier alpha value is -1.82. The third-order valence-corrected chi connectivity index (χ3v) is 3.13. The molecule has 0 aromatic carbocycles. The zero-order valence-electron chi connectivity index (χ0n) is 12.9. The second-order valence-electron chi connectivity index (χ2n) is 5.89. The van der Waals surface area contributed by atoms with Gasteiger partial charge >= 0.3 is 0 Å². The van der Waals surface area contributed by atoms with Gasteiger partial charge in [0.2, 0.25) is 5.91 Å². The van der Waals surface area contributed by atoms with Crippen LogP contribution in [0.1, 0.15) is 44.2 Å². The number of rotatable bonds is 8. The fraction of sp³-hybridized carbons (Fsp3) is 0.600. The molecule has 21 heavy (non-hydrogen) atoms. The first-order chi connectivity index (χ1) is 9.86. The van der Waals surface area contributed by atoms with Gasteiger partial charge in [-0.2, -0.15) is 0 Å². The zero-order chi connectivity index (χ0) is 15.9. The minimum Gasteiger partial charge on any atom is -0.459 e. The van der Waals surface area contributed by atoms with Crippen molar-refractivity contribution in [3.05, 3.63) is 24.2 Å². The molecule has 2 amide bonds. The van der Waals surface area contributed by atoms with Crippen LogP contribution in [0.15, 0.2) is 22.8 Å². The summed E-state index contributed by atoms with van der Waals surface area (Å²) in [6.07, 6.45) is 2.45. The van der Waals surface area contributed by atoms with Crippen molar-refractivity contribution >= 4 is 11.8 Å². The van der Waals surface area contributed by atoms with E-state index in [2.05, 4.69) is 24.5 Å². The summed E-state index contributed by atoms with van der Waals surface area (Å²) < 4.78 is 4.97. The van der Waals surface area contributed by atoms with Gasteiger partial charge in [-0.1, -0.05) is 13.8 Å². The molecule has 0 saturated carbocycles. The third kappa shape index (κ3) is 5.99. The van der Waals surface area contributed by atoms with Crippen molar-refractivity contribution in [1.82, 2.24) is 10.6 Å². The molecule has 4 N–H and O–H groups in total. The highest BCUT2D eigenvalue weighted by Gasteiger charge is 2.25. The molecule has 0 fully saturated rings. The lowest BCUT2D eigenvalue weighted by molar-refractivity contribution is -0.122. The maximum atomic E-state index is 11.9. The van der Waals surface area contributed by atoms with Crippen LogP contribution in [0, 0.1) is 5.92 Å². The van der Waals surface area contributed by atoms with Crippen molar-refractivity contribution < 1.29 is 14.0 Å². The minimum absolute atomic E-state index is 0.122. The SMILES string of the molecule is CC(C)CC(C)(CN)NC(=O)CCNC(=O)c1ccco1. The van der Waals surface area contributed by atoms with Crippen LogP contribution in [0.25, 0.3) is 0 Å². The molecule has 0 spiro atoms. The summed E-state index contributed by atoms with van der Waals surface area (Å²) in [4.78, 5) is 23.5. The van der Waals surface area contributed by atoms with Crippen molar-refractivity contribution in [2.45, 2.75) is 39.2 Å². The van der Waals surface area contributed by atoms with E-state index in [0.29, 0.717) is 12.5 Å². The van der Waals surface area contributed by atoms with Gasteiger partial charge in [0, 0.05) is 25.0 Å². The van der Waals surface area contributed by atoms with Crippen molar-refractivity contribution in [3.63, 3.8) is 0 Å². The summed E-state index contributed by atoms with van der Waals surface area (Å²) in [5.74, 6) is 0.236. The summed E-state index contributed by atoms with van der Waals surface area (Å²) in [5, 5.41) is 5.58. The minimum atomic E-state index is -0.406. The normalized spacial score (nSPS) is 13.8. The molecule has 0 saturated heterocycles. The van der Waals surface area contributed by atoms with E-state index in [0.717, 1.165) is 6.42 Å². The smallest absolute Gasteiger partial charge is 0.286 e. The fourth-order valence-corrected chi connectivity index (χ4v) is 2.27. The van der Waals surface area contributed by atoms with Gasteiger partial charge in [-0.15, -0.1) is 0 Å². The zero-order valence-corrected chi connectivity index (χ0v) is 12.9. The Morgan fingerprint density at radius 2 is 2.14 bits per heavy atom. The first-order valence-electron chi connectivity index (χ1n) is 7.19. The molecule has 1 heterocycles. The van der Waals surface area contributed by atoms with E-state index in [-0.39, 0.29) is 30.5 Å². The highest BCUT2D eigenvalue weighted by Crippen LogP contribution is 2.15. The molecule has 118 valence electrons. The molecule has 0 aliphatic heterocycles. The quantitative estimate of drug-likeness (QED) is 0.673. The Balaban J connectivity index is 2.35. The molecular weight excluding hydrogens is 270 g/mol. The Morgan fingerprint density at radius 3 is 2.67 bits per heavy atom. The van der Waals surface area contributed by atoms with Crippen LogP contribution in [-0.2, 0) is 4.79 Å². The number of carbonyl (C=O) groups is 2. The Bertz CT molecular complexity index is 457. The van der Waals surface area contributed by atoms with Gasteiger partial charge in [0.15, 0.2) is 5.76 Å². The van der Waals surface area contributed by atoms with Crippen LogP contribution in [0.3, 0.4) is 0 Å². The summed E-state index contributed by atoms with van der Waals surface area (Å²) >= 11 is 0. The molecule has 6 heteroatoms. The highest BCUT2D eigenvalue weighted by molar-refractivity contribution is 5.91. The van der Waals surface area contributed by atoms with Crippen LogP contribution in [0.5, 0.6) is 0 Å². The molecule has 0 bridgehead atoms. The van der Waals surface area contributed by atoms with Crippen LogP contribution in [0.4, 0.5) is 0 Å². The van der Waals surface area contributed by atoms with Gasteiger partial charge in [-0.05, 0) is 31.4 Å². The van der Waals surface area contributed by atoms with Crippen molar-refractivity contribution in [3.8, 4) is 0 Å². The van der Waals surface area contributed by atoms with Crippen LogP contribution in [0.2, 0.25) is 0 Å². The summed E-state index contributed by atoms with van der Waals surface area (Å²) in [6.45, 7) is 6.75. The Morgan fingerprint density at radius 1 is 1.43 bits per heavy atom. The number of nitrogens with two attached hydrogens (primary N) is 1. The van der Waals surface area contributed by atoms with Gasteiger partial charge in [-0.25, -0.2) is 0 Å². The van der Waals surface area contributed by atoms with Gasteiger partial charge in [-0.3, -0.25) is 9.59 Å². The average molecular weight is 295 g/mol. The summed E-state index contributed by atoms with van der Waals surface area (Å²) in [5.41, 5.74) is 5.34. The molecule has 6 nitrogen and oxygen atoms in total. The highest BCUT2D eigenvalue weighted by atomic mass is 16.3. The first-order valence-corrected chi connectivity index (χ1v) is 7.19. The van der Waals surface area contributed by atoms with Crippen LogP contribution < -0.4 is 16.4 Å². The average Bonchev–Trinajstić information content (AvgIpc) is 2.91. The predicted octanol–water partition coefficient (Wildman–Crippen LogP) is 1.28. The van der Waals surface area contributed by atoms with Gasteiger partial charge < -0.3 is 20.8 Å². The number of amides is 2. The molecule has 0 aliphatic rings. The van der Waals surface area contributed by atoms with Crippen molar-refractivity contribution in [2.24, 2.45) is 11.7 Å². The lowest BCUT2D eigenvalue weighted by Gasteiger charge is -2.31. The lowest BCUT2D eigenvalue weighted by Crippen LogP contribution is -2.52. The van der Waals surface area contributed by atoms with E-state index in [9.17, 15) is 9.59 Å². The second kappa shape index (κ2) is 7.83. The molecular formula is C15H25N3O3. The Kier molecular flexibility index (Phi) is 6.42. The van der Waals surface area contributed by atoms with Gasteiger partial charge in [0.05, 0.1) is 6.26 Å². The maximum absolute atomic E-state index is 11.9. The van der Waals surface area contributed by atoms with E-state index >= 15 is 0 Å². The molecule has 1 rings (SSSR count). The predicted molar refractivity (Wildman–Crippen MR) is 80.7 cm³/mol. The van der Waals surface area contributed by atoms with E-state index in [1.165, 1.54) is 6.26 Å².